The Morgan fingerprint density at radius 2 is 2.00 bits per heavy atom. The van der Waals surface area contributed by atoms with Crippen LogP contribution in [0.25, 0.3) is 10.2 Å². The molecule has 1 atom stereocenters. The van der Waals surface area contributed by atoms with Crippen LogP contribution < -0.4 is 5.56 Å². The van der Waals surface area contributed by atoms with Gasteiger partial charge in [0.05, 0.1) is 22.9 Å². The summed E-state index contributed by atoms with van der Waals surface area (Å²) < 4.78 is 2.87. The van der Waals surface area contributed by atoms with Crippen LogP contribution in [0, 0.1) is 0 Å². The van der Waals surface area contributed by atoms with Gasteiger partial charge in [0.15, 0.2) is 0 Å². The van der Waals surface area contributed by atoms with Crippen molar-refractivity contribution in [2.24, 2.45) is 0 Å². The van der Waals surface area contributed by atoms with E-state index in [1.54, 1.807) is 0 Å². The molecule has 0 spiro atoms. The first-order valence-corrected chi connectivity index (χ1v) is 11.7. The molecule has 0 bridgehead atoms. The number of thiophene rings is 1. The first-order chi connectivity index (χ1) is 14.4. The number of amides is 1. The topological polar surface area (TPSA) is 75.4 Å². The maximum absolute atomic E-state index is 12.7. The molecule has 4 rings (SSSR count). The average Bonchev–Trinajstić information content (AvgIpc) is 3.12. The molecular weight excluding hydrogens is 466 g/mol. The molecule has 1 aromatic carbocycles. The first-order valence-electron chi connectivity index (χ1n) is 10.0. The van der Waals surface area contributed by atoms with Crippen LogP contribution in [0.1, 0.15) is 37.7 Å². The Labute approximate surface area is 187 Å². The number of likely N-dealkylation sites (tertiary alicyclic amines) is 1. The Kier molecular flexibility index (Phi) is 6.09. The average molecular weight is 490 g/mol. The number of aliphatic hydroxyl groups is 1. The number of benzene rings is 1. The van der Waals surface area contributed by atoms with E-state index in [-0.39, 0.29) is 23.9 Å². The van der Waals surface area contributed by atoms with E-state index >= 15 is 0 Å². The summed E-state index contributed by atoms with van der Waals surface area (Å²) in [6.45, 7) is 3.23. The first kappa shape index (κ1) is 21.2. The molecule has 1 saturated heterocycles. The highest BCUT2D eigenvalue weighted by Gasteiger charge is 2.35. The molecule has 0 aliphatic carbocycles. The van der Waals surface area contributed by atoms with Crippen molar-refractivity contribution in [1.82, 2.24) is 14.5 Å². The standard InChI is InChI=1S/C22H24BrN3O3S/c1-15(16-5-3-2-4-6-16)11-18(27)25-9-7-22(29,8-10-25)13-26-14-24-19-17(23)12-30-20(19)21(26)28/h2-6,12,14-15,29H,7-11,13H2,1H3/t15-/m0/s1. The van der Waals surface area contributed by atoms with Gasteiger partial charge in [0.1, 0.15) is 10.2 Å². The van der Waals surface area contributed by atoms with E-state index < -0.39 is 5.60 Å². The van der Waals surface area contributed by atoms with Crippen molar-refractivity contribution in [1.29, 1.82) is 0 Å². The van der Waals surface area contributed by atoms with E-state index in [4.69, 9.17) is 0 Å². The second-order valence-electron chi connectivity index (χ2n) is 8.06. The van der Waals surface area contributed by atoms with Crippen LogP contribution in [-0.4, -0.2) is 44.2 Å². The predicted molar refractivity (Wildman–Crippen MR) is 122 cm³/mol. The molecule has 0 saturated carbocycles. The normalized spacial score (nSPS) is 17.2. The molecule has 30 heavy (non-hydrogen) atoms. The quantitative estimate of drug-likeness (QED) is 0.591. The van der Waals surface area contributed by atoms with E-state index in [0.717, 1.165) is 10.0 Å². The lowest BCUT2D eigenvalue weighted by Gasteiger charge is -2.38. The smallest absolute Gasteiger partial charge is 0.271 e. The van der Waals surface area contributed by atoms with Gasteiger partial charge >= 0.3 is 0 Å². The summed E-state index contributed by atoms with van der Waals surface area (Å²) in [4.78, 5) is 31.6. The van der Waals surface area contributed by atoms with E-state index in [1.165, 1.54) is 22.2 Å². The second-order valence-corrected chi connectivity index (χ2v) is 9.79. The van der Waals surface area contributed by atoms with Crippen LogP contribution in [0.4, 0.5) is 0 Å². The van der Waals surface area contributed by atoms with Gasteiger partial charge in [-0.1, -0.05) is 37.3 Å². The minimum Gasteiger partial charge on any atom is -0.388 e. The van der Waals surface area contributed by atoms with Gasteiger partial charge in [-0.15, -0.1) is 11.3 Å². The number of nitrogens with zero attached hydrogens (tertiary/aromatic N) is 3. The van der Waals surface area contributed by atoms with Crippen LogP contribution in [0.3, 0.4) is 0 Å². The molecular formula is C22H24BrN3O3S. The van der Waals surface area contributed by atoms with Crippen LogP contribution in [0.2, 0.25) is 0 Å². The molecule has 1 N–H and O–H groups in total. The lowest BCUT2D eigenvalue weighted by molar-refractivity contribution is -0.136. The van der Waals surface area contributed by atoms with Crippen molar-refractivity contribution in [3.63, 3.8) is 0 Å². The van der Waals surface area contributed by atoms with Crippen molar-refractivity contribution >= 4 is 43.4 Å². The number of hydrogen-bond donors (Lipinski definition) is 1. The predicted octanol–water partition coefficient (Wildman–Crippen LogP) is 3.77. The zero-order valence-corrected chi connectivity index (χ0v) is 19.2. The minimum absolute atomic E-state index is 0.108. The lowest BCUT2D eigenvalue weighted by Crippen LogP contribution is -2.49. The Balaban J connectivity index is 1.38. The molecule has 0 radical (unpaired) electrons. The van der Waals surface area contributed by atoms with Gasteiger partial charge in [0, 0.05) is 24.9 Å². The number of carbonyl (C=O) groups is 1. The van der Waals surface area contributed by atoms with Gasteiger partial charge in [-0.25, -0.2) is 4.98 Å². The van der Waals surface area contributed by atoms with Crippen molar-refractivity contribution in [2.75, 3.05) is 13.1 Å². The number of rotatable bonds is 5. The van der Waals surface area contributed by atoms with Crippen LogP contribution >= 0.6 is 27.3 Å². The molecule has 158 valence electrons. The van der Waals surface area contributed by atoms with Gasteiger partial charge in [0.25, 0.3) is 5.56 Å². The Morgan fingerprint density at radius 3 is 2.70 bits per heavy atom. The fourth-order valence-corrected chi connectivity index (χ4v) is 5.50. The third-order valence-corrected chi connectivity index (χ3v) is 7.73. The fraction of sp³-hybridized carbons (Fsp3) is 0.409. The van der Waals surface area contributed by atoms with Crippen molar-refractivity contribution in [3.05, 3.63) is 62.4 Å². The van der Waals surface area contributed by atoms with Gasteiger partial charge in [0.2, 0.25) is 5.91 Å². The Hall–Kier alpha value is -2.03. The highest BCUT2D eigenvalue weighted by Crippen LogP contribution is 2.28. The fourth-order valence-electron chi connectivity index (χ4n) is 3.96. The van der Waals surface area contributed by atoms with Crippen molar-refractivity contribution in [2.45, 2.75) is 44.2 Å². The number of carbonyl (C=O) groups excluding carboxylic acids is 1. The van der Waals surface area contributed by atoms with E-state index in [0.29, 0.717) is 42.6 Å². The molecule has 1 amide bonds. The zero-order chi connectivity index (χ0) is 21.3. The summed E-state index contributed by atoms with van der Waals surface area (Å²) >= 11 is 4.75. The highest BCUT2D eigenvalue weighted by atomic mass is 79.9. The summed E-state index contributed by atoms with van der Waals surface area (Å²) in [5.41, 5.74) is 0.650. The summed E-state index contributed by atoms with van der Waals surface area (Å²) in [5.74, 6) is 0.262. The van der Waals surface area contributed by atoms with E-state index in [2.05, 4.69) is 27.8 Å². The molecule has 6 nitrogen and oxygen atoms in total. The molecule has 1 aliphatic heterocycles. The maximum Gasteiger partial charge on any atom is 0.271 e. The van der Waals surface area contributed by atoms with Crippen LogP contribution in [-0.2, 0) is 11.3 Å². The monoisotopic (exact) mass is 489 g/mol. The summed E-state index contributed by atoms with van der Waals surface area (Å²) in [7, 11) is 0. The zero-order valence-electron chi connectivity index (χ0n) is 16.8. The van der Waals surface area contributed by atoms with E-state index in [1.807, 2.05) is 40.6 Å². The number of fused-ring (bicyclic) bond motifs is 1. The van der Waals surface area contributed by atoms with Gasteiger partial charge in [-0.05, 0) is 40.3 Å². The molecule has 3 heterocycles. The van der Waals surface area contributed by atoms with Gasteiger partial charge in [-0.3, -0.25) is 14.2 Å². The molecule has 1 aliphatic rings. The molecule has 3 aromatic rings. The second kappa shape index (κ2) is 8.61. The van der Waals surface area contributed by atoms with Crippen LogP contribution in [0.15, 0.2) is 51.3 Å². The Morgan fingerprint density at radius 1 is 1.30 bits per heavy atom. The molecule has 8 heteroatoms. The summed E-state index contributed by atoms with van der Waals surface area (Å²) in [6, 6.07) is 10.0. The molecule has 1 fully saturated rings. The van der Waals surface area contributed by atoms with Crippen molar-refractivity contribution < 1.29 is 9.90 Å². The highest BCUT2D eigenvalue weighted by molar-refractivity contribution is 9.10. The number of hydrogen-bond acceptors (Lipinski definition) is 5. The minimum atomic E-state index is -1.02. The maximum atomic E-state index is 12.7. The number of piperidine rings is 1. The lowest BCUT2D eigenvalue weighted by atomic mass is 9.90. The SMILES string of the molecule is C[C@@H](CC(=O)N1CCC(O)(Cn2cnc3c(Br)csc3c2=O)CC1)c1ccccc1. The number of halogens is 1. The number of aromatic nitrogens is 2. The molecule has 0 unspecified atom stereocenters. The summed E-state index contributed by atoms with van der Waals surface area (Å²) in [6.07, 6.45) is 2.84. The van der Waals surface area contributed by atoms with Gasteiger partial charge < -0.3 is 10.0 Å². The third kappa shape index (κ3) is 4.36. The molecule has 2 aromatic heterocycles. The third-order valence-electron chi connectivity index (χ3n) is 5.86. The van der Waals surface area contributed by atoms with E-state index in [9.17, 15) is 14.7 Å². The Bertz CT molecular complexity index is 1100. The van der Waals surface area contributed by atoms with Gasteiger partial charge in [-0.2, -0.15) is 0 Å². The largest absolute Gasteiger partial charge is 0.388 e. The van der Waals surface area contributed by atoms with Crippen LogP contribution in [0.5, 0.6) is 0 Å². The summed E-state index contributed by atoms with van der Waals surface area (Å²) in [5, 5.41) is 12.9. The van der Waals surface area contributed by atoms with Crippen molar-refractivity contribution in [3.8, 4) is 0 Å².